The van der Waals surface area contributed by atoms with Gasteiger partial charge < -0.3 is 10.6 Å². The van der Waals surface area contributed by atoms with Gasteiger partial charge in [-0.2, -0.15) is 5.10 Å². The van der Waals surface area contributed by atoms with Crippen molar-refractivity contribution in [3.8, 4) is 0 Å². The molecule has 4 nitrogen and oxygen atoms in total. The fourth-order valence-corrected chi connectivity index (χ4v) is 4.30. The lowest BCUT2D eigenvalue weighted by Crippen LogP contribution is -2.22. The van der Waals surface area contributed by atoms with Crippen LogP contribution in [0.15, 0.2) is 121 Å². The van der Waals surface area contributed by atoms with E-state index in [-0.39, 0.29) is 11.2 Å². The molecule has 208 valence electrons. The molecule has 0 amide bonds. The first-order valence-electron chi connectivity index (χ1n) is 13.4. The Kier molecular flexibility index (Phi) is 9.54. The van der Waals surface area contributed by atoms with Crippen LogP contribution in [0.3, 0.4) is 0 Å². The Bertz CT molecular complexity index is 1540. The number of nitrogens with zero attached hydrogens (tertiary/aromatic N) is 1. The van der Waals surface area contributed by atoms with Crippen molar-refractivity contribution in [2.75, 3.05) is 0 Å². The van der Waals surface area contributed by atoms with E-state index >= 15 is 4.39 Å². The predicted octanol–water partition coefficient (Wildman–Crippen LogP) is 9.18. The van der Waals surface area contributed by atoms with Gasteiger partial charge >= 0.3 is 0 Å². The van der Waals surface area contributed by atoms with Crippen LogP contribution in [0.25, 0.3) is 22.2 Å². The lowest BCUT2D eigenvalue weighted by molar-refractivity contribution is 0.478. The molecule has 0 radical (unpaired) electrons. The van der Waals surface area contributed by atoms with Gasteiger partial charge in [-0.25, -0.2) is 4.39 Å². The van der Waals surface area contributed by atoms with Crippen LogP contribution in [0.5, 0.6) is 0 Å². The first kappa shape index (κ1) is 30.2. The van der Waals surface area contributed by atoms with Gasteiger partial charge in [-0.1, -0.05) is 83.5 Å². The molecule has 1 aliphatic rings. The third kappa shape index (κ3) is 6.60. The molecular formula is C35H41FN4. The summed E-state index contributed by atoms with van der Waals surface area (Å²) in [6, 6.07) is 3.59. The molecule has 1 aromatic carbocycles. The first-order valence-corrected chi connectivity index (χ1v) is 13.4. The molecule has 1 aromatic heterocycles. The molecule has 0 aliphatic heterocycles. The van der Waals surface area contributed by atoms with Gasteiger partial charge in [0.2, 0.25) is 0 Å². The standard InChI is InChI=1S/C35H41FN4/c1-11-16-29(27-17-14-15-18-27)22(4)23(5)37-24(6)34-32-31(39-40-34)20-19-30(33(32)36)26(12-2)21-28(13-3)38-25(7)35(8,9)10/h11-14,16-21,37-38H,1,3,6-7,15H2,2,4-5,8-10H3,(H,39,40)/b23-22+,26-12+,28-21+,29-16+. The van der Waals surface area contributed by atoms with Crippen LogP contribution in [0, 0.1) is 11.2 Å². The van der Waals surface area contributed by atoms with Crippen molar-refractivity contribution >= 4 is 22.2 Å². The minimum absolute atomic E-state index is 0.140. The Labute approximate surface area is 238 Å². The number of allylic oxidation sites excluding steroid dienone is 14. The van der Waals surface area contributed by atoms with Crippen molar-refractivity contribution in [1.29, 1.82) is 0 Å². The summed E-state index contributed by atoms with van der Waals surface area (Å²) in [7, 11) is 0. The Balaban J connectivity index is 1.99. The highest BCUT2D eigenvalue weighted by atomic mass is 19.1. The van der Waals surface area contributed by atoms with Crippen molar-refractivity contribution in [1.82, 2.24) is 20.8 Å². The monoisotopic (exact) mass is 536 g/mol. The number of halogens is 1. The maximum atomic E-state index is 16.2. The molecule has 1 heterocycles. The van der Waals surface area contributed by atoms with E-state index < -0.39 is 0 Å². The molecule has 40 heavy (non-hydrogen) atoms. The minimum atomic E-state index is -0.376. The SMILES string of the molecule is C=C/C=C(C1=CCC=C1)\C(C)=C(/C)NC(=C)c1n[nH]c2ccc(C(/C=C(\C=C)NC(=C)C(C)(C)C)=C/C)c(F)c12. The number of benzene rings is 1. The van der Waals surface area contributed by atoms with Crippen molar-refractivity contribution in [3.05, 3.63) is 138 Å². The number of aromatic nitrogens is 2. The van der Waals surface area contributed by atoms with Gasteiger partial charge in [-0.05, 0) is 73.8 Å². The molecule has 3 N–H and O–H groups in total. The Hall–Kier alpha value is -4.38. The van der Waals surface area contributed by atoms with E-state index in [4.69, 9.17) is 0 Å². The zero-order valence-corrected chi connectivity index (χ0v) is 24.6. The summed E-state index contributed by atoms with van der Waals surface area (Å²) in [4.78, 5) is 0. The lowest BCUT2D eigenvalue weighted by Gasteiger charge is -2.24. The number of rotatable bonds is 11. The zero-order chi connectivity index (χ0) is 29.6. The Morgan fingerprint density at radius 2 is 1.85 bits per heavy atom. The van der Waals surface area contributed by atoms with Gasteiger partial charge in [0, 0.05) is 28.1 Å². The maximum Gasteiger partial charge on any atom is 0.142 e. The molecule has 0 saturated heterocycles. The summed E-state index contributed by atoms with van der Waals surface area (Å²) in [5.74, 6) is -0.376. The van der Waals surface area contributed by atoms with Gasteiger partial charge in [-0.15, -0.1) is 0 Å². The largest absolute Gasteiger partial charge is 0.359 e. The summed E-state index contributed by atoms with van der Waals surface area (Å²) < 4.78 is 16.2. The number of H-pyrrole nitrogens is 1. The number of hydrogen-bond acceptors (Lipinski definition) is 3. The van der Waals surface area contributed by atoms with Gasteiger partial charge in [0.1, 0.15) is 11.5 Å². The normalized spacial score (nSPS) is 15.1. The highest BCUT2D eigenvalue weighted by molar-refractivity contribution is 5.93. The second-order valence-corrected chi connectivity index (χ2v) is 10.8. The fourth-order valence-electron chi connectivity index (χ4n) is 4.30. The van der Waals surface area contributed by atoms with Crippen molar-refractivity contribution in [2.45, 2.75) is 48.0 Å². The van der Waals surface area contributed by atoms with Crippen LogP contribution < -0.4 is 10.6 Å². The highest BCUT2D eigenvalue weighted by Crippen LogP contribution is 2.32. The molecule has 2 aromatic rings. The van der Waals surface area contributed by atoms with Gasteiger partial charge in [0.15, 0.2) is 0 Å². The van der Waals surface area contributed by atoms with Gasteiger partial charge in [0.05, 0.1) is 16.6 Å². The molecule has 1 aliphatic carbocycles. The number of hydrogen-bond donors (Lipinski definition) is 3. The van der Waals surface area contributed by atoms with Crippen LogP contribution in [0.2, 0.25) is 0 Å². The number of nitrogens with one attached hydrogen (secondary N) is 3. The molecule has 3 rings (SSSR count). The lowest BCUT2D eigenvalue weighted by atomic mass is 9.92. The Morgan fingerprint density at radius 3 is 2.42 bits per heavy atom. The second-order valence-electron chi connectivity index (χ2n) is 10.8. The average molecular weight is 537 g/mol. The molecule has 0 bridgehead atoms. The third-order valence-electron chi connectivity index (χ3n) is 6.98. The highest BCUT2D eigenvalue weighted by Gasteiger charge is 2.20. The van der Waals surface area contributed by atoms with E-state index in [1.807, 2.05) is 45.1 Å². The van der Waals surface area contributed by atoms with E-state index in [9.17, 15) is 0 Å². The number of fused-ring (bicyclic) bond motifs is 1. The van der Waals surface area contributed by atoms with E-state index in [2.05, 4.69) is 86.1 Å². The molecule has 0 spiro atoms. The average Bonchev–Trinajstić information content (AvgIpc) is 3.60. The van der Waals surface area contributed by atoms with E-state index in [0.29, 0.717) is 33.4 Å². The molecule has 0 atom stereocenters. The van der Waals surface area contributed by atoms with Crippen molar-refractivity contribution in [3.63, 3.8) is 0 Å². The van der Waals surface area contributed by atoms with Gasteiger partial charge in [-0.3, -0.25) is 5.10 Å². The topological polar surface area (TPSA) is 52.7 Å². The predicted molar refractivity (Wildman–Crippen MR) is 170 cm³/mol. The quantitative estimate of drug-likeness (QED) is 0.251. The van der Waals surface area contributed by atoms with Crippen molar-refractivity contribution in [2.24, 2.45) is 5.41 Å². The molecular weight excluding hydrogens is 495 g/mol. The summed E-state index contributed by atoms with van der Waals surface area (Å²) in [6.45, 7) is 28.3. The maximum absolute atomic E-state index is 16.2. The second kappa shape index (κ2) is 12.6. The third-order valence-corrected chi connectivity index (χ3v) is 6.98. The van der Waals surface area contributed by atoms with Crippen LogP contribution in [0.1, 0.15) is 59.2 Å². The number of aromatic amines is 1. The van der Waals surface area contributed by atoms with Crippen LogP contribution >= 0.6 is 0 Å². The van der Waals surface area contributed by atoms with Crippen LogP contribution in [0.4, 0.5) is 4.39 Å². The fraction of sp³-hybridized carbons (Fsp3) is 0.229. The first-order chi connectivity index (χ1) is 18.9. The summed E-state index contributed by atoms with van der Waals surface area (Å²) in [5, 5.41) is 14.4. The molecule has 0 fully saturated rings. The van der Waals surface area contributed by atoms with E-state index in [1.165, 1.54) is 0 Å². The summed E-state index contributed by atoms with van der Waals surface area (Å²) in [5.41, 5.74) is 8.28. The van der Waals surface area contributed by atoms with E-state index in [1.54, 1.807) is 18.2 Å². The zero-order valence-electron chi connectivity index (χ0n) is 24.6. The molecule has 0 saturated carbocycles. The summed E-state index contributed by atoms with van der Waals surface area (Å²) >= 11 is 0. The Morgan fingerprint density at radius 1 is 1.12 bits per heavy atom. The summed E-state index contributed by atoms with van der Waals surface area (Å²) in [6.07, 6.45) is 16.6. The minimum Gasteiger partial charge on any atom is -0.359 e. The smallest absolute Gasteiger partial charge is 0.142 e. The van der Waals surface area contributed by atoms with Gasteiger partial charge in [0.25, 0.3) is 0 Å². The molecule has 0 unspecified atom stereocenters. The van der Waals surface area contributed by atoms with Crippen LogP contribution in [-0.2, 0) is 0 Å². The van der Waals surface area contributed by atoms with Crippen LogP contribution in [-0.4, -0.2) is 10.2 Å². The van der Waals surface area contributed by atoms with E-state index in [0.717, 1.165) is 40.2 Å². The molecule has 5 heteroatoms. The van der Waals surface area contributed by atoms with Crippen molar-refractivity contribution < 1.29 is 4.39 Å².